The number of hydrogen-bond acceptors (Lipinski definition) is 4. The lowest BCUT2D eigenvalue weighted by Gasteiger charge is -2.15. The van der Waals surface area contributed by atoms with Gasteiger partial charge in [0, 0.05) is 17.8 Å². The summed E-state index contributed by atoms with van der Waals surface area (Å²) >= 11 is 0. The Balaban J connectivity index is 1.53. The van der Waals surface area contributed by atoms with Crippen molar-refractivity contribution in [1.29, 1.82) is 0 Å². The number of hydrogen-bond donors (Lipinski definition) is 2. The first kappa shape index (κ1) is 21.9. The molecule has 1 unspecified atom stereocenters. The summed E-state index contributed by atoms with van der Waals surface area (Å²) in [5.74, 6) is 0.899. The summed E-state index contributed by atoms with van der Waals surface area (Å²) in [6, 6.07) is 21.8. The molecule has 1 atom stereocenters. The summed E-state index contributed by atoms with van der Waals surface area (Å²) in [5, 5.41) is 5.74. The minimum Gasteiger partial charge on any atom is -0.497 e. The second-order valence-corrected chi connectivity index (χ2v) is 7.17. The second-order valence-electron chi connectivity index (χ2n) is 7.17. The van der Waals surface area contributed by atoms with Crippen LogP contribution in [0.1, 0.15) is 28.4 Å². The molecule has 0 aromatic heterocycles. The van der Waals surface area contributed by atoms with Gasteiger partial charge in [0.15, 0.2) is 6.10 Å². The number of carbonyl (C=O) groups excluding carboxylic acids is 2. The highest BCUT2D eigenvalue weighted by atomic mass is 16.5. The molecule has 6 heteroatoms. The lowest BCUT2D eigenvalue weighted by molar-refractivity contribution is -0.127. The molecule has 0 radical (unpaired) electrons. The molecule has 0 spiro atoms. The van der Waals surface area contributed by atoms with Gasteiger partial charge in [-0.1, -0.05) is 29.8 Å². The highest BCUT2D eigenvalue weighted by molar-refractivity contribution is 6.04. The molecule has 2 N–H and O–H groups in total. The maximum absolute atomic E-state index is 12.4. The Kier molecular flexibility index (Phi) is 7.27. The van der Waals surface area contributed by atoms with E-state index >= 15 is 0 Å². The number of aryl methyl sites for hydroxylation is 1. The summed E-state index contributed by atoms with van der Waals surface area (Å²) < 4.78 is 10.8. The largest absolute Gasteiger partial charge is 0.497 e. The molecule has 0 bridgehead atoms. The molecule has 2 amide bonds. The lowest BCUT2D eigenvalue weighted by atomic mass is 10.1. The predicted octanol–water partition coefficient (Wildman–Crippen LogP) is 4.34. The summed E-state index contributed by atoms with van der Waals surface area (Å²) in [4.78, 5) is 24.8. The van der Waals surface area contributed by atoms with Gasteiger partial charge in [-0.05, 0) is 67.9 Å². The third kappa shape index (κ3) is 6.34. The van der Waals surface area contributed by atoms with Crippen LogP contribution in [0.2, 0.25) is 0 Å². The van der Waals surface area contributed by atoms with Gasteiger partial charge in [-0.15, -0.1) is 0 Å². The molecule has 160 valence electrons. The Morgan fingerprint density at radius 1 is 0.935 bits per heavy atom. The number of carbonyl (C=O) groups is 2. The lowest BCUT2D eigenvalue weighted by Crippen LogP contribution is -2.35. The summed E-state index contributed by atoms with van der Waals surface area (Å²) in [7, 11) is 1.59. The number of methoxy groups -OCH3 is 1. The maximum Gasteiger partial charge on any atom is 0.261 e. The van der Waals surface area contributed by atoms with Gasteiger partial charge >= 0.3 is 0 Å². The Labute approximate surface area is 182 Å². The molecule has 3 aromatic rings. The molecule has 0 saturated heterocycles. The fraction of sp³-hybridized carbons (Fsp3) is 0.200. The summed E-state index contributed by atoms with van der Waals surface area (Å²) in [6.07, 6.45) is -0.655. The van der Waals surface area contributed by atoms with E-state index in [1.807, 2.05) is 43.3 Å². The first-order chi connectivity index (χ1) is 14.9. The van der Waals surface area contributed by atoms with Crippen LogP contribution in [0.4, 0.5) is 5.69 Å². The average molecular weight is 418 g/mol. The topological polar surface area (TPSA) is 76.7 Å². The van der Waals surface area contributed by atoms with Crippen LogP contribution in [0.3, 0.4) is 0 Å². The number of rotatable bonds is 8. The van der Waals surface area contributed by atoms with E-state index in [1.54, 1.807) is 50.4 Å². The van der Waals surface area contributed by atoms with Crippen LogP contribution < -0.4 is 20.1 Å². The van der Waals surface area contributed by atoms with Crippen molar-refractivity contribution in [1.82, 2.24) is 5.32 Å². The van der Waals surface area contributed by atoms with Crippen LogP contribution in [0.5, 0.6) is 11.5 Å². The van der Waals surface area contributed by atoms with Gasteiger partial charge in [0.25, 0.3) is 11.8 Å². The molecule has 6 nitrogen and oxygen atoms in total. The fourth-order valence-corrected chi connectivity index (χ4v) is 2.91. The van der Waals surface area contributed by atoms with E-state index in [2.05, 4.69) is 10.6 Å². The second kappa shape index (κ2) is 10.3. The molecule has 0 heterocycles. The van der Waals surface area contributed by atoms with E-state index in [0.717, 1.165) is 16.9 Å². The van der Waals surface area contributed by atoms with Gasteiger partial charge in [0.2, 0.25) is 0 Å². The monoisotopic (exact) mass is 418 g/mol. The Morgan fingerprint density at radius 3 is 2.29 bits per heavy atom. The van der Waals surface area contributed by atoms with Crippen molar-refractivity contribution in [2.45, 2.75) is 26.5 Å². The molecule has 0 aliphatic heterocycles. The number of ether oxygens (including phenoxy) is 2. The SMILES string of the molecule is COc1ccc(OC(C)C(=O)NCc2cccc(NC(=O)c3ccc(C)cc3)c2)cc1. The van der Waals surface area contributed by atoms with Crippen LogP contribution in [-0.4, -0.2) is 25.0 Å². The van der Waals surface area contributed by atoms with Crippen LogP contribution in [0.25, 0.3) is 0 Å². The van der Waals surface area contributed by atoms with Crippen LogP contribution >= 0.6 is 0 Å². The Bertz CT molecular complexity index is 1030. The van der Waals surface area contributed by atoms with E-state index in [9.17, 15) is 9.59 Å². The van der Waals surface area contributed by atoms with E-state index in [-0.39, 0.29) is 11.8 Å². The number of amides is 2. The maximum atomic E-state index is 12.4. The zero-order valence-electron chi connectivity index (χ0n) is 17.8. The van der Waals surface area contributed by atoms with Crippen molar-refractivity contribution in [3.8, 4) is 11.5 Å². The van der Waals surface area contributed by atoms with Gasteiger partial charge in [0.05, 0.1) is 7.11 Å². The van der Waals surface area contributed by atoms with Gasteiger partial charge in [0.1, 0.15) is 11.5 Å². The third-order valence-corrected chi connectivity index (χ3v) is 4.71. The molecule has 31 heavy (non-hydrogen) atoms. The molecule has 0 fully saturated rings. The molecular weight excluding hydrogens is 392 g/mol. The minimum absolute atomic E-state index is 0.178. The van der Waals surface area contributed by atoms with Crippen LogP contribution in [0.15, 0.2) is 72.8 Å². The van der Waals surface area contributed by atoms with Crippen LogP contribution in [-0.2, 0) is 11.3 Å². The summed E-state index contributed by atoms with van der Waals surface area (Å²) in [5.41, 5.74) is 3.22. The smallest absolute Gasteiger partial charge is 0.261 e. The fourth-order valence-electron chi connectivity index (χ4n) is 2.91. The van der Waals surface area contributed by atoms with Gasteiger partial charge in [-0.25, -0.2) is 0 Å². The molecule has 0 saturated carbocycles. The van der Waals surface area contributed by atoms with Crippen molar-refractivity contribution < 1.29 is 19.1 Å². The molecular formula is C25H26N2O4. The van der Waals surface area contributed by atoms with Crippen molar-refractivity contribution in [3.63, 3.8) is 0 Å². The number of benzene rings is 3. The minimum atomic E-state index is -0.655. The van der Waals surface area contributed by atoms with Gasteiger partial charge in [-0.2, -0.15) is 0 Å². The highest BCUT2D eigenvalue weighted by Crippen LogP contribution is 2.18. The molecule has 3 aromatic carbocycles. The Morgan fingerprint density at radius 2 is 1.61 bits per heavy atom. The van der Waals surface area contributed by atoms with Crippen molar-refractivity contribution >= 4 is 17.5 Å². The normalized spacial score (nSPS) is 11.3. The van der Waals surface area contributed by atoms with Crippen LogP contribution in [0, 0.1) is 6.92 Å². The predicted molar refractivity (Wildman–Crippen MR) is 121 cm³/mol. The van der Waals surface area contributed by atoms with E-state index < -0.39 is 6.10 Å². The summed E-state index contributed by atoms with van der Waals surface area (Å²) in [6.45, 7) is 3.99. The van der Waals surface area contributed by atoms with Gasteiger partial charge < -0.3 is 20.1 Å². The first-order valence-electron chi connectivity index (χ1n) is 10.00. The highest BCUT2D eigenvalue weighted by Gasteiger charge is 2.14. The molecule has 0 aliphatic rings. The van der Waals surface area contributed by atoms with Crippen molar-refractivity contribution in [2.24, 2.45) is 0 Å². The Hall–Kier alpha value is -3.80. The zero-order valence-corrected chi connectivity index (χ0v) is 17.8. The van der Waals surface area contributed by atoms with Crippen molar-refractivity contribution in [3.05, 3.63) is 89.5 Å². The average Bonchev–Trinajstić information content (AvgIpc) is 2.78. The van der Waals surface area contributed by atoms with Gasteiger partial charge in [-0.3, -0.25) is 9.59 Å². The van der Waals surface area contributed by atoms with E-state index in [1.165, 1.54) is 0 Å². The number of anilines is 1. The quantitative estimate of drug-likeness (QED) is 0.571. The molecule has 0 aliphatic carbocycles. The zero-order chi connectivity index (χ0) is 22.2. The van der Waals surface area contributed by atoms with E-state index in [0.29, 0.717) is 23.5 Å². The van der Waals surface area contributed by atoms with Crippen molar-refractivity contribution in [2.75, 3.05) is 12.4 Å². The molecule has 3 rings (SSSR count). The first-order valence-corrected chi connectivity index (χ1v) is 10.00. The van der Waals surface area contributed by atoms with E-state index in [4.69, 9.17) is 9.47 Å². The standard InChI is InChI=1S/C25H26N2O4/c1-17-7-9-20(10-8-17)25(29)27-21-6-4-5-19(15-21)16-26-24(28)18(2)31-23-13-11-22(30-3)12-14-23/h4-15,18H,16H2,1-3H3,(H,26,28)(H,27,29). The third-order valence-electron chi connectivity index (χ3n) is 4.71. The number of nitrogens with one attached hydrogen (secondary N) is 2.